The molecule has 0 heterocycles. The van der Waals surface area contributed by atoms with Crippen LogP contribution < -0.4 is 0 Å². The predicted octanol–water partition coefficient (Wildman–Crippen LogP) is 1.82. The van der Waals surface area contributed by atoms with Crippen molar-refractivity contribution in [1.82, 2.24) is 0 Å². The van der Waals surface area contributed by atoms with Crippen LogP contribution in [0.25, 0.3) is 0 Å². The summed E-state index contributed by atoms with van der Waals surface area (Å²) in [5.74, 6) is -0.676. The molecule has 0 aromatic heterocycles. The van der Waals surface area contributed by atoms with Gasteiger partial charge >= 0.3 is 23.0 Å². The molecule has 1 aromatic carbocycles. The van der Waals surface area contributed by atoms with E-state index in [-0.39, 0.29) is 29.3 Å². The van der Waals surface area contributed by atoms with Gasteiger partial charge in [0.05, 0.1) is 6.61 Å². The van der Waals surface area contributed by atoms with Gasteiger partial charge in [-0.15, -0.1) is 0 Å². The Morgan fingerprint density at radius 2 is 1.80 bits per heavy atom. The molecule has 1 aromatic rings. The summed E-state index contributed by atoms with van der Waals surface area (Å²) in [5.41, 5.74) is 0.542. The fourth-order valence-electron chi connectivity index (χ4n) is 1.07. The molecule has 0 bridgehead atoms. The van der Waals surface area contributed by atoms with Crippen LogP contribution in [-0.2, 0) is 26.6 Å². The van der Waals surface area contributed by atoms with Crippen molar-refractivity contribution in [3.63, 3.8) is 0 Å². The zero-order valence-electron chi connectivity index (χ0n) is 8.33. The van der Waals surface area contributed by atoms with Gasteiger partial charge in [0.1, 0.15) is 6.42 Å². The van der Waals surface area contributed by atoms with E-state index in [1.54, 1.807) is 31.2 Å². The molecule has 0 aliphatic carbocycles. The summed E-state index contributed by atoms with van der Waals surface area (Å²) >= 11 is 0. The van der Waals surface area contributed by atoms with Gasteiger partial charge in [-0.05, 0) is 6.92 Å². The molecule has 0 amide bonds. The Morgan fingerprint density at radius 3 is 2.33 bits per heavy atom. The summed E-state index contributed by atoms with van der Waals surface area (Å²) in [6.07, 6.45) is -0.183. The van der Waals surface area contributed by atoms with E-state index in [0.29, 0.717) is 12.2 Å². The third kappa shape index (κ3) is 4.77. The molecule has 0 saturated heterocycles. The van der Waals surface area contributed by atoms with E-state index in [4.69, 9.17) is 0 Å². The second kappa shape index (κ2) is 7.21. The van der Waals surface area contributed by atoms with Gasteiger partial charge < -0.3 is 4.74 Å². The minimum Gasteiger partial charge on any atom is -0.466 e. The Balaban J connectivity index is 0.00000196. The van der Waals surface area contributed by atoms with Crippen LogP contribution >= 0.6 is 0 Å². The Labute approximate surface area is 99.3 Å². The second-order valence-electron chi connectivity index (χ2n) is 2.77. The first kappa shape index (κ1) is 13.9. The summed E-state index contributed by atoms with van der Waals surface area (Å²) in [7, 11) is 0. The van der Waals surface area contributed by atoms with E-state index in [1.165, 1.54) is 0 Å². The molecule has 15 heavy (non-hydrogen) atoms. The normalized spacial score (nSPS) is 8.87. The first-order valence-corrected chi connectivity index (χ1v) is 4.48. The van der Waals surface area contributed by atoms with E-state index in [0.717, 1.165) is 0 Å². The molecule has 0 atom stereocenters. The molecular weight excluding hydrogens is 244 g/mol. The molecule has 0 unspecified atom stereocenters. The molecule has 0 N–H and O–H groups in total. The number of benzene rings is 1. The summed E-state index contributed by atoms with van der Waals surface area (Å²) in [6.45, 7) is 2.02. The maximum Gasteiger partial charge on any atom is 2.00 e. The fraction of sp³-hybridized carbons (Fsp3) is 0.273. The van der Waals surface area contributed by atoms with Gasteiger partial charge in [-0.1, -0.05) is 30.3 Å². The van der Waals surface area contributed by atoms with Gasteiger partial charge in [0.2, 0.25) is 0 Å². The minimum absolute atomic E-state index is 0. The zero-order chi connectivity index (χ0) is 10.4. The average molecular weight is 256 g/mol. The van der Waals surface area contributed by atoms with Crippen LogP contribution in [0.5, 0.6) is 0 Å². The van der Waals surface area contributed by atoms with Gasteiger partial charge in [-0.3, -0.25) is 9.59 Å². The van der Waals surface area contributed by atoms with E-state index < -0.39 is 5.97 Å². The molecule has 0 aliphatic heterocycles. The molecular formula is C11H12CuO3+2. The zero-order valence-corrected chi connectivity index (χ0v) is 9.27. The van der Waals surface area contributed by atoms with E-state index in [2.05, 4.69) is 4.74 Å². The first-order chi connectivity index (χ1) is 6.74. The summed E-state index contributed by atoms with van der Waals surface area (Å²) < 4.78 is 4.67. The smallest absolute Gasteiger partial charge is 0.466 e. The second-order valence-corrected chi connectivity index (χ2v) is 2.77. The molecule has 1 radical (unpaired) electrons. The van der Waals surface area contributed by atoms with Crippen molar-refractivity contribution in [2.45, 2.75) is 13.3 Å². The third-order valence-corrected chi connectivity index (χ3v) is 1.71. The Morgan fingerprint density at radius 1 is 1.20 bits per heavy atom. The molecule has 0 spiro atoms. The van der Waals surface area contributed by atoms with Gasteiger partial charge in [0.25, 0.3) is 0 Å². The van der Waals surface area contributed by atoms with E-state index >= 15 is 0 Å². The molecule has 83 valence electrons. The fourth-order valence-corrected chi connectivity index (χ4v) is 1.07. The number of ether oxygens (including phenoxy) is 1. The molecule has 0 fully saturated rings. The number of rotatable bonds is 4. The van der Waals surface area contributed by atoms with Crippen LogP contribution in [0.3, 0.4) is 0 Å². The van der Waals surface area contributed by atoms with Gasteiger partial charge in [-0.2, -0.15) is 0 Å². The van der Waals surface area contributed by atoms with Crippen LogP contribution in [-0.4, -0.2) is 18.4 Å². The minimum atomic E-state index is -0.471. The maximum absolute atomic E-state index is 11.4. The van der Waals surface area contributed by atoms with Crippen molar-refractivity contribution in [2.24, 2.45) is 0 Å². The predicted molar refractivity (Wildman–Crippen MR) is 52.0 cm³/mol. The van der Waals surface area contributed by atoms with E-state index in [9.17, 15) is 9.59 Å². The number of Topliss-reactive ketones (excluding diaryl/α,β-unsaturated/α-hetero) is 1. The van der Waals surface area contributed by atoms with Crippen LogP contribution in [0.2, 0.25) is 0 Å². The average Bonchev–Trinajstić information content (AvgIpc) is 2.19. The van der Waals surface area contributed by atoms with Crippen LogP contribution in [0.1, 0.15) is 23.7 Å². The maximum atomic E-state index is 11.4. The molecule has 1 rings (SSSR count). The van der Waals surface area contributed by atoms with Crippen molar-refractivity contribution in [1.29, 1.82) is 0 Å². The molecule has 0 aliphatic rings. The number of hydrogen-bond acceptors (Lipinski definition) is 3. The number of esters is 1. The summed E-state index contributed by atoms with van der Waals surface area (Å²) in [4.78, 5) is 22.4. The Hall–Kier alpha value is -1.12. The SMILES string of the molecule is CCOC(=O)CC(=O)c1ccccc1.[Cu+2]. The van der Waals surface area contributed by atoms with Crippen molar-refractivity contribution < 1.29 is 31.4 Å². The summed E-state index contributed by atoms with van der Waals surface area (Å²) in [6, 6.07) is 8.71. The largest absolute Gasteiger partial charge is 2.00 e. The molecule has 4 heteroatoms. The van der Waals surface area contributed by atoms with Crippen LogP contribution in [0.15, 0.2) is 30.3 Å². The monoisotopic (exact) mass is 255 g/mol. The first-order valence-electron chi connectivity index (χ1n) is 4.48. The van der Waals surface area contributed by atoms with Crippen LogP contribution in [0.4, 0.5) is 0 Å². The standard InChI is InChI=1S/C11H12O3.Cu/c1-2-14-11(13)8-10(12)9-6-4-3-5-7-9;/h3-7H,2,8H2,1H3;/q;+2. The topological polar surface area (TPSA) is 43.4 Å². The summed E-state index contributed by atoms with van der Waals surface area (Å²) in [5, 5.41) is 0. The van der Waals surface area contributed by atoms with E-state index in [1.807, 2.05) is 6.07 Å². The van der Waals surface area contributed by atoms with Crippen molar-refractivity contribution >= 4 is 11.8 Å². The van der Waals surface area contributed by atoms with Gasteiger partial charge in [0.15, 0.2) is 5.78 Å². The Bertz CT molecular complexity index is 322. The number of hydrogen-bond donors (Lipinski definition) is 0. The molecule has 3 nitrogen and oxygen atoms in total. The van der Waals surface area contributed by atoms with Gasteiger partial charge in [-0.25, -0.2) is 0 Å². The Kier molecular flexibility index (Phi) is 6.67. The van der Waals surface area contributed by atoms with Crippen molar-refractivity contribution in [3.8, 4) is 0 Å². The number of carbonyl (C=O) groups is 2. The number of ketones is 1. The van der Waals surface area contributed by atoms with Gasteiger partial charge in [0, 0.05) is 5.56 Å². The molecule has 0 saturated carbocycles. The van der Waals surface area contributed by atoms with Crippen LogP contribution in [0, 0.1) is 0 Å². The number of carbonyl (C=O) groups excluding carboxylic acids is 2. The van der Waals surface area contributed by atoms with Crippen molar-refractivity contribution in [3.05, 3.63) is 35.9 Å². The third-order valence-electron chi connectivity index (χ3n) is 1.71. The quantitative estimate of drug-likeness (QED) is 0.357. The van der Waals surface area contributed by atoms with Crippen molar-refractivity contribution in [2.75, 3.05) is 6.61 Å².